The van der Waals surface area contributed by atoms with Crippen molar-refractivity contribution < 1.29 is 147 Å². The van der Waals surface area contributed by atoms with Crippen LogP contribution in [0.4, 0.5) is 0 Å². The smallest absolute Gasteiger partial charge is 0.282 e. The monoisotopic (exact) mass is 884 g/mol. The van der Waals surface area contributed by atoms with Crippen LogP contribution in [0.25, 0.3) is 0 Å². The molecular weight excluding hydrogens is 883 g/mol. The van der Waals surface area contributed by atoms with Gasteiger partial charge in [0.1, 0.15) is 0 Å². The normalized spacial score (nSPS) is 8.47. The Morgan fingerprint density at radius 1 is 0.294 bits per heavy atom. The van der Waals surface area contributed by atoms with Crippen LogP contribution in [0.3, 0.4) is 0 Å². The van der Waals surface area contributed by atoms with Gasteiger partial charge >= 0.3 is 0 Å². The fraction of sp³-hybridized carbons (Fsp3) is 0. The molecule has 0 radical (unpaired) electrons. The molecule has 0 aliphatic rings. The Bertz CT molecular complexity index is 61.5. The molecule has 0 aromatic heterocycles. The van der Waals surface area contributed by atoms with Gasteiger partial charge in [-0.25, -0.2) is 0 Å². The average Bonchev–Trinajstić information content (AvgIpc) is 1.76. The molecule has 0 unspecified atom stereocenters. The zero-order valence-electron chi connectivity index (χ0n) is 6.82. The molecule has 0 aliphatic heterocycles. The van der Waals surface area contributed by atoms with Crippen molar-refractivity contribution in [2.24, 2.45) is 0 Å². The van der Waals surface area contributed by atoms with Gasteiger partial charge in [-0.05, 0) is 0 Å². The zero-order valence-corrected chi connectivity index (χ0v) is 18.4. The van der Waals surface area contributed by atoms with Gasteiger partial charge in [0, 0.05) is 21.1 Å². The van der Waals surface area contributed by atoms with E-state index in [2.05, 4.69) is 0 Å². The molecule has 0 N–H and O–H groups in total. The molecule has 0 aromatic carbocycles. The van der Waals surface area contributed by atoms with Crippen molar-refractivity contribution in [1.82, 2.24) is 0 Å². The molecular formula is I4O12W-4. The second kappa shape index (κ2) is 27.5. The Morgan fingerprint density at radius 3 is 0.294 bits per heavy atom. The van der Waals surface area contributed by atoms with E-state index in [1.165, 1.54) is 0 Å². The van der Waals surface area contributed by atoms with Crippen molar-refractivity contribution in [2.75, 3.05) is 0 Å². The molecule has 0 aliphatic carbocycles. The minimum Gasteiger partial charge on any atom is -0.427 e. The minimum atomic E-state index is -4.01. The van der Waals surface area contributed by atoms with Crippen molar-refractivity contribution in [1.29, 1.82) is 0 Å². The molecule has 0 rings (SSSR count). The quantitative estimate of drug-likeness (QED) is 0.205. The molecule has 17 heteroatoms. The number of hydrogen-bond acceptors (Lipinski definition) is 12. The molecule has 17 heavy (non-hydrogen) atoms. The van der Waals surface area contributed by atoms with Gasteiger partial charge in [-0.1, -0.05) is 0 Å². The summed E-state index contributed by atoms with van der Waals surface area (Å²) in [5, 5.41) is 0. The molecule has 0 atom stereocenters. The van der Waals surface area contributed by atoms with Crippen molar-refractivity contribution in [3.63, 3.8) is 0 Å². The predicted molar refractivity (Wildman–Crippen MR) is 0 cm³/mol. The van der Waals surface area contributed by atoms with Gasteiger partial charge in [-0.15, -0.1) is 0 Å². The first kappa shape index (κ1) is 32.2. The number of rotatable bonds is 0. The maximum absolute atomic E-state index is 8.57. The summed E-state index contributed by atoms with van der Waals surface area (Å²) < 4.78 is 103. The van der Waals surface area contributed by atoms with Crippen molar-refractivity contribution in [3.05, 3.63) is 0 Å². The van der Waals surface area contributed by atoms with Crippen molar-refractivity contribution in [3.8, 4) is 0 Å². The molecule has 0 saturated carbocycles. The Hall–Kier alpha value is 3.13. The van der Waals surface area contributed by atoms with E-state index < -0.39 is 84.3 Å². The Balaban J connectivity index is -0.0000000369. The Morgan fingerprint density at radius 2 is 0.294 bits per heavy atom. The molecule has 0 heterocycles. The third-order valence-electron chi connectivity index (χ3n) is 0. The van der Waals surface area contributed by atoms with Crippen LogP contribution in [0, 0.1) is 0 Å². The van der Waals surface area contributed by atoms with E-state index in [9.17, 15) is 0 Å². The third-order valence-corrected chi connectivity index (χ3v) is 0. The first-order chi connectivity index (χ1) is 6.93. The van der Waals surface area contributed by atoms with Gasteiger partial charge in [0.2, 0.25) is 0 Å². The van der Waals surface area contributed by atoms with Gasteiger partial charge in [0.05, 0.1) is 0 Å². The van der Waals surface area contributed by atoms with Crippen LogP contribution in [0.1, 0.15) is 0 Å². The molecule has 0 bridgehead atoms. The third kappa shape index (κ3) is 573. The molecule has 110 valence electrons. The standard InChI is InChI=1S/4IO3.W/c4*2-1(3)4;/q4*-1;. The van der Waals surface area contributed by atoms with E-state index in [4.69, 9.17) is 41.2 Å². The molecule has 0 saturated heterocycles. The summed E-state index contributed by atoms with van der Waals surface area (Å²) in [6.45, 7) is 0. The van der Waals surface area contributed by atoms with Crippen LogP contribution in [0.5, 0.6) is 0 Å². The first-order valence-corrected chi connectivity index (χ1v) is 12.4. The van der Waals surface area contributed by atoms with E-state index >= 15 is 0 Å². The molecule has 0 fully saturated rings. The first-order valence-electron chi connectivity index (χ1n) is 1.85. The van der Waals surface area contributed by atoms with E-state index in [0.717, 1.165) is 0 Å². The van der Waals surface area contributed by atoms with Crippen molar-refractivity contribution >= 4 is 0 Å². The summed E-state index contributed by atoms with van der Waals surface area (Å²) in [4.78, 5) is 0. The molecule has 0 amide bonds. The number of halogens is 4. The molecule has 0 spiro atoms. The second-order valence-corrected chi connectivity index (χ2v) is 5.07. The van der Waals surface area contributed by atoms with Gasteiger partial charge in [0.15, 0.2) is 0 Å². The van der Waals surface area contributed by atoms with E-state index in [1.807, 2.05) is 0 Å². The average molecular weight is 883 g/mol. The van der Waals surface area contributed by atoms with Crippen LogP contribution in [0.2, 0.25) is 0 Å². The van der Waals surface area contributed by atoms with E-state index in [-0.39, 0.29) is 21.1 Å². The molecule has 0 aromatic rings. The van der Waals surface area contributed by atoms with Crippen LogP contribution in [-0.2, 0) is 21.1 Å². The van der Waals surface area contributed by atoms with E-state index in [0.29, 0.717) is 0 Å². The summed E-state index contributed by atoms with van der Waals surface area (Å²) in [5.41, 5.74) is 0. The summed E-state index contributed by atoms with van der Waals surface area (Å²) in [5.74, 6) is 0. The maximum Gasteiger partial charge on any atom is 0.282 e. The molecule has 12 nitrogen and oxygen atoms in total. The van der Waals surface area contributed by atoms with Gasteiger partial charge in [-0.3, -0.25) is 0 Å². The zero-order chi connectivity index (χ0) is 14.3. The summed E-state index contributed by atoms with van der Waals surface area (Å²) in [6.07, 6.45) is 0. The fourth-order valence-electron chi connectivity index (χ4n) is 0. The maximum atomic E-state index is 8.57. The van der Waals surface area contributed by atoms with E-state index in [1.54, 1.807) is 0 Å². The van der Waals surface area contributed by atoms with Gasteiger partial charge < -0.3 is 41.2 Å². The predicted octanol–water partition coefficient (Wildman–Crippen LogP) is -26.3. The van der Waals surface area contributed by atoms with Crippen molar-refractivity contribution in [2.45, 2.75) is 0 Å². The summed E-state index contributed by atoms with van der Waals surface area (Å²) in [7, 11) is 0. The largest absolute Gasteiger partial charge is 0.427 e. The second-order valence-electron chi connectivity index (χ2n) is 0.756. The topological polar surface area (TPSA) is 277 Å². The summed E-state index contributed by atoms with van der Waals surface area (Å²) in [6, 6.07) is 0. The Kier molecular flexibility index (Phi) is 52.0. The summed E-state index contributed by atoms with van der Waals surface area (Å²) >= 11 is -16.1. The minimum absolute atomic E-state index is 0. The van der Waals surface area contributed by atoms with Crippen LogP contribution in [-0.4, -0.2) is 0 Å². The SMILES string of the molecule is [O-][I+2]([O-])[O-].[O-][I+2]([O-])[O-].[O-][I+2]([O-])[O-].[O-][I+2]([O-])[O-].[W]. The fourth-order valence-corrected chi connectivity index (χ4v) is 0. The van der Waals surface area contributed by atoms with Crippen LogP contribution < -0.4 is 125 Å². The van der Waals surface area contributed by atoms with Gasteiger partial charge in [-0.2, -0.15) is 0 Å². The number of hydrogen-bond donors (Lipinski definition) is 0. The van der Waals surface area contributed by atoms with Crippen LogP contribution >= 0.6 is 0 Å². The Labute approximate surface area is 144 Å². The van der Waals surface area contributed by atoms with Gasteiger partial charge in [0.25, 0.3) is 84.3 Å². The van der Waals surface area contributed by atoms with Crippen LogP contribution in [0.15, 0.2) is 0 Å².